The minimum atomic E-state index is -1.10. The summed E-state index contributed by atoms with van der Waals surface area (Å²) < 4.78 is 1.66. The zero-order valence-corrected chi connectivity index (χ0v) is 15.1. The van der Waals surface area contributed by atoms with E-state index in [0.717, 1.165) is 11.4 Å². The van der Waals surface area contributed by atoms with Crippen LogP contribution in [0.1, 0.15) is 32.1 Å². The van der Waals surface area contributed by atoms with E-state index in [4.69, 9.17) is 11.6 Å². The third-order valence-electron chi connectivity index (χ3n) is 4.65. The topological polar surface area (TPSA) is 75.4 Å². The number of carbonyl (C=O) groups excluding carboxylic acids is 1. The SMILES string of the molecule is O=C(O)c1nn(-c2ccccc2)c2c1CN(C(=O)c1ccccc1Cl)CC2. The van der Waals surface area contributed by atoms with Gasteiger partial charge in [0.1, 0.15) is 0 Å². The molecule has 0 unspecified atom stereocenters. The van der Waals surface area contributed by atoms with Gasteiger partial charge in [-0.15, -0.1) is 0 Å². The van der Waals surface area contributed by atoms with Crippen molar-refractivity contribution in [2.75, 3.05) is 6.54 Å². The molecule has 0 saturated heterocycles. The van der Waals surface area contributed by atoms with Crippen LogP contribution in [0.5, 0.6) is 0 Å². The number of carboxylic acid groups (broad SMARTS) is 1. The molecule has 0 saturated carbocycles. The zero-order valence-electron chi connectivity index (χ0n) is 14.3. The highest BCUT2D eigenvalue weighted by Gasteiger charge is 2.31. The number of hydrogen-bond acceptors (Lipinski definition) is 3. The number of rotatable bonds is 3. The molecule has 6 nitrogen and oxygen atoms in total. The second kappa shape index (κ2) is 6.89. The van der Waals surface area contributed by atoms with Gasteiger partial charge < -0.3 is 10.0 Å². The molecule has 3 aromatic rings. The van der Waals surface area contributed by atoms with Crippen molar-refractivity contribution in [2.24, 2.45) is 0 Å². The second-order valence-electron chi connectivity index (χ2n) is 6.28. The number of para-hydroxylation sites is 1. The number of aromatic nitrogens is 2. The van der Waals surface area contributed by atoms with Crippen LogP contribution < -0.4 is 0 Å². The molecule has 2 aromatic carbocycles. The molecule has 0 bridgehead atoms. The smallest absolute Gasteiger partial charge is 0.356 e. The van der Waals surface area contributed by atoms with Crippen molar-refractivity contribution >= 4 is 23.5 Å². The third kappa shape index (κ3) is 3.08. The van der Waals surface area contributed by atoms with E-state index in [-0.39, 0.29) is 18.1 Å². The molecule has 0 radical (unpaired) electrons. The van der Waals surface area contributed by atoms with Gasteiger partial charge >= 0.3 is 5.97 Å². The maximum atomic E-state index is 12.9. The first-order chi connectivity index (χ1) is 13.1. The maximum Gasteiger partial charge on any atom is 0.356 e. The molecule has 136 valence electrons. The Labute approximate surface area is 160 Å². The van der Waals surface area contributed by atoms with Gasteiger partial charge in [-0.25, -0.2) is 9.48 Å². The van der Waals surface area contributed by atoms with Gasteiger partial charge in [0.15, 0.2) is 5.69 Å². The third-order valence-corrected chi connectivity index (χ3v) is 4.98. The van der Waals surface area contributed by atoms with Crippen molar-refractivity contribution in [2.45, 2.75) is 13.0 Å². The summed E-state index contributed by atoms with van der Waals surface area (Å²) in [7, 11) is 0. The van der Waals surface area contributed by atoms with E-state index in [0.29, 0.717) is 29.1 Å². The Morgan fingerprint density at radius 2 is 1.74 bits per heavy atom. The molecule has 7 heteroatoms. The average molecular weight is 382 g/mol. The standard InChI is InChI=1S/C20H16ClN3O3/c21-16-9-5-4-8-14(16)19(25)23-11-10-17-15(12-23)18(20(26)27)22-24(17)13-6-2-1-3-7-13/h1-9H,10-12H2,(H,26,27). The summed E-state index contributed by atoms with van der Waals surface area (Å²) in [6.45, 7) is 0.655. The first-order valence-corrected chi connectivity index (χ1v) is 8.87. The lowest BCUT2D eigenvalue weighted by molar-refractivity contribution is 0.0674. The number of aromatic carboxylic acids is 1. The maximum absolute atomic E-state index is 12.9. The van der Waals surface area contributed by atoms with Crippen LogP contribution in [-0.2, 0) is 13.0 Å². The summed E-state index contributed by atoms with van der Waals surface area (Å²) in [5.74, 6) is -1.32. The highest BCUT2D eigenvalue weighted by atomic mass is 35.5. The Morgan fingerprint density at radius 1 is 1.04 bits per heavy atom. The van der Waals surface area contributed by atoms with Crippen LogP contribution in [-0.4, -0.2) is 38.2 Å². The Bertz CT molecular complexity index is 1030. The van der Waals surface area contributed by atoms with E-state index >= 15 is 0 Å². The summed E-state index contributed by atoms with van der Waals surface area (Å²) in [6, 6.07) is 16.2. The Morgan fingerprint density at radius 3 is 2.44 bits per heavy atom. The highest BCUT2D eigenvalue weighted by molar-refractivity contribution is 6.33. The van der Waals surface area contributed by atoms with E-state index in [1.165, 1.54) is 0 Å². The van der Waals surface area contributed by atoms with Gasteiger partial charge in [-0.1, -0.05) is 41.9 Å². The van der Waals surface area contributed by atoms with Gasteiger partial charge in [-0.2, -0.15) is 5.10 Å². The molecule has 0 aliphatic carbocycles. The highest BCUT2D eigenvalue weighted by Crippen LogP contribution is 2.27. The van der Waals surface area contributed by atoms with Crippen molar-refractivity contribution < 1.29 is 14.7 Å². The largest absolute Gasteiger partial charge is 0.476 e. The molecular formula is C20H16ClN3O3. The molecule has 1 N–H and O–H groups in total. The van der Waals surface area contributed by atoms with Crippen molar-refractivity contribution in [3.63, 3.8) is 0 Å². The zero-order chi connectivity index (χ0) is 19.0. The predicted octanol–water partition coefficient (Wildman–Crippen LogP) is 3.42. The molecule has 0 atom stereocenters. The van der Waals surface area contributed by atoms with E-state index in [9.17, 15) is 14.7 Å². The van der Waals surface area contributed by atoms with Gasteiger partial charge in [0.05, 0.1) is 28.5 Å². The van der Waals surface area contributed by atoms with E-state index in [1.807, 2.05) is 30.3 Å². The number of carbonyl (C=O) groups is 2. The molecule has 0 fully saturated rings. The van der Waals surface area contributed by atoms with Crippen molar-refractivity contribution in [3.05, 3.63) is 82.1 Å². The average Bonchev–Trinajstić information content (AvgIpc) is 3.07. The molecular weight excluding hydrogens is 366 g/mol. The number of amides is 1. The summed E-state index contributed by atoms with van der Waals surface area (Å²) in [6.07, 6.45) is 0.515. The van der Waals surface area contributed by atoms with Gasteiger partial charge in [0.25, 0.3) is 5.91 Å². The number of halogens is 1. The van der Waals surface area contributed by atoms with Crippen LogP contribution in [0.3, 0.4) is 0 Å². The van der Waals surface area contributed by atoms with E-state index in [1.54, 1.807) is 33.8 Å². The molecule has 2 heterocycles. The van der Waals surface area contributed by atoms with Crippen LogP contribution in [0.2, 0.25) is 5.02 Å². The molecule has 0 spiro atoms. The van der Waals surface area contributed by atoms with Crippen LogP contribution in [0.4, 0.5) is 0 Å². The fraction of sp³-hybridized carbons (Fsp3) is 0.150. The monoisotopic (exact) mass is 381 g/mol. The van der Waals surface area contributed by atoms with Gasteiger partial charge in [0.2, 0.25) is 0 Å². The molecule has 1 aliphatic rings. The fourth-order valence-corrected chi connectivity index (χ4v) is 3.57. The second-order valence-corrected chi connectivity index (χ2v) is 6.69. The van der Waals surface area contributed by atoms with Crippen LogP contribution in [0.15, 0.2) is 54.6 Å². The van der Waals surface area contributed by atoms with Crippen LogP contribution >= 0.6 is 11.6 Å². The molecule has 4 rings (SSSR count). The number of fused-ring (bicyclic) bond motifs is 1. The number of hydrogen-bond donors (Lipinski definition) is 1. The number of nitrogens with zero attached hydrogens (tertiary/aromatic N) is 3. The lowest BCUT2D eigenvalue weighted by atomic mass is 10.0. The first-order valence-electron chi connectivity index (χ1n) is 8.49. The number of carboxylic acids is 1. The lowest BCUT2D eigenvalue weighted by Gasteiger charge is -2.28. The van der Waals surface area contributed by atoms with Crippen LogP contribution in [0.25, 0.3) is 5.69 Å². The van der Waals surface area contributed by atoms with E-state index in [2.05, 4.69) is 5.10 Å². The summed E-state index contributed by atoms with van der Waals surface area (Å²) in [5.41, 5.74) is 2.58. The lowest BCUT2D eigenvalue weighted by Crippen LogP contribution is -2.36. The summed E-state index contributed by atoms with van der Waals surface area (Å²) in [5, 5.41) is 14.3. The Hall–Kier alpha value is -3.12. The number of benzene rings is 2. The van der Waals surface area contributed by atoms with Gasteiger partial charge in [0, 0.05) is 18.5 Å². The molecule has 27 heavy (non-hydrogen) atoms. The van der Waals surface area contributed by atoms with Crippen molar-refractivity contribution in [1.29, 1.82) is 0 Å². The fourth-order valence-electron chi connectivity index (χ4n) is 3.35. The Kier molecular flexibility index (Phi) is 4.41. The molecule has 1 aliphatic heterocycles. The van der Waals surface area contributed by atoms with E-state index < -0.39 is 5.97 Å². The van der Waals surface area contributed by atoms with Gasteiger partial charge in [-0.05, 0) is 24.3 Å². The normalized spacial score (nSPS) is 13.3. The summed E-state index contributed by atoms with van der Waals surface area (Å²) >= 11 is 6.15. The van der Waals surface area contributed by atoms with Crippen molar-refractivity contribution in [3.8, 4) is 5.69 Å². The van der Waals surface area contributed by atoms with Crippen LogP contribution in [0, 0.1) is 0 Å². The quantitative estimate of drug-likeness (QED) is 0.754. The molecule has 1 aromatic heterocycles. The Balaban J connectivity index is 1.72. The summed E-state index contributed by atoms with van der Waals surface area (Å²) in [4.78, 5) is 26.2. The minimum Gasteiger partial charge on any atom is -0.476 e. The first kappa shape index (κ1) is 17.3. The predicted molar refractivity (Wildman–Crippen MR) is 100 cm³/mol. The van der Waals surface area contributed by atoms with Gasteiger partial charge in [-0.3, -0.25) is 4.79 Å². The molecule has 1 amide bonds. The van der Waals surface area contributed by atoms with Crippen molar-refractivity contribution in [1.82, 2.24) is 14.7 Å². The minimum absolute atomic E-state index is 0.0227.